The molecule has 106 valence electrons. The van der Waals surface area contributed by atoms with Crippen molar-refractivity contribution in [1.29, 1.82) is 0 Å². The Morgan fingerprint density at radius 2 is 2.15 bits per heavy atom. The lowest BCUT2D eigenvalue weighted by Gasteiger charge is -2.34. The van der Waals surface area contributed by atoms with E-state index in [0.717, 1.165) is 5.82 Å². The van der Waals surface area contributed by atoms with Crippen LogP contribution in [0.15, 0.2) is 41.6 Å². The Kier molecular flexibility index (Phi) is 2.95. The van der Waals surface area contributed by atoms with Crippen molar-refractivity contribution in [2.24, 2.45) is 7.05 Å². The fourth-order valence-corrected chi connectivity index (χ4v) is 4.39. The van der Waals surface area contributed by atoms with Crippen molar-refractivity contribution in [3.05, 3.63) is 48.0 Å². The summed E-state index contributed by atoms with van der Waals surface area (Å²) in [7, 11) is -1.43. The summed E-state index contributed by atoms with van der Waals surface area (Å²) in [6.07, 6.45) is 3.98. The van der Waals surface area contributed by atoms with Gasteiger partial charge in [0.15, 0.2) is 9.84 Å². The van der Waals surface area contributed by atoms with Crippen molar-refractivity contribution in [1.82, 2.24) is 9.55 Å². The Labute approximate surface area is 117 Å². The zero-order valence-electron chi connectivity index (χ0n) is 11.2. The summed E-state index contributed by atoms with van der Waals surface area (Å²) in [5, 5.41) is 10.9. The van der Waals surface area contributed by atoms with Gasteiger partial charge in [0.05, 0.1) is 16.2 Å². The van der Waals surface area contributed by atoms with Crippen LogP contribution in [0.3, 0.4) is 0 Å². The van der Waals surface area contributed by atoms with Gasteiger partial charge in [-0.1, -0.05) is 18.2 Å². The number of aliphatic hydroxyl groups is 1. The van der Waals surface area contributed by atoms with Gasteiger partial charge in [-0.3, -0.25) is 0 Å². The molecule has 1 N–H and O–H groups in total. The maximum Gasteiger partial charge on any atom is 0.178 e. The zero-order valence-corrected chi connectivity index (χ0v) is 12.0. The van der Waals surface area contributed by atoms with Crippen molar-refractivity contribution in [2.75, 3.05) is 5.75 Å². The number of imidazole rings is 1. The number of rotatable bonds is 2. The maximum atomic E-state index is 12.1. The van der Waals surface area contributed by atoms with Crippen LogP contribution in [-0.4, -0.2) is 28.8 Å². The smallest absolute Gasteiger partial charge is 0.178 e. The van der Waals surface area contributed by atoms with E-state index in [1.807, 2.05) is 17.8 Å². The highest BCUT2D eigenvalue weighted by Gasteiger charge is 2.41. The third kappa shape index (κ3) is 2.05. The molecule has 1 aromatic carbocycles. The highest BCUT2D eigenvalue weighted by atomic mass is 32.2. The van der Waals surface area contributed by atoms with Crippen LogP contribution in [0.25, 0.3) is 0 Å². The Bertz CT molecular complexity index is 751. The van der Waals surface area contributed by atoms with E-state index < -0.39 is 15.4 Å². The molecular weight excluding hydrogens is 276 g/mol. The van der Waals surface area contributed by atoms with Gasteiger partial charge in [0, 0.05) is 31.4 Å². The molecule has 5 nitrogen and oxygen atoms in total. The number of aryl methyl sites for hydroxylation is 1. The molecule has 0 saturated heterocycles. The van der Waals surface area contributed by atoms with E-state index in [9.17, 15) is 13.5 Å². The average molecular weight is 292 g/mol. The Morgan fingerprint density at radius 1 is 1.40 bits per heavy atom. The van der Waals surface area contributed by atoms with Crippen LogP contribution in [0.4, 0.5) is 0 Å². The van der Waals surface area contributed by atoms with Gasteiger partial charge in [0.25, 0.3) is 0 Å². The van der Waals surface area contributed by atoms with E-state index in [-0.39, 0.29) is 17.1 Å². The molecule has 0 fully saturated rings. The number of nitrogens with zero attached hydrogens (tertiary/aromatic N) is 2. The summed E-state index contributed by atoms with van der Waals surface area (Å²) in [4.78, 5) is 4.46. The van der Waals surface area contributed by atoms with Crippen molar-refractivity contribution in [2.45, 2.75) is 23.3 Å². The van der Waals surface area contributed by atoms with E-state index in [2.05, 4.69) is 4.98 Å². The van der Waals surface area contributed by atoms with Gasteiger partial charge in [-0.25, -0.2) is 13.4 Å². The standard InChI is InChI=1S/C14H16N2O3S/c1-16-8-7-15-13(16)10-14(17)6-9-20(18,19)12-5-3-2-4-11(12)14/h2-5,7-8,17H,6,9-10H2,1H3. The second-order valence-corrected chi connectivity index (χ2v) is 7.31. The predicted molar refractivity (Wildman–Crippen MR) is 73.9 cm³/mol. The van der Waals surface area contributed by atoms with Crippen molar-refractivity contribution >= 4 is 9.84 Å². The fourth-order valence-electron chi connectivity index (χ4n) is 2.68. The molecule has 0 spiro atoms. The first kappa shape index (κ1) is 13.3. The monoisotopic (exact) mass is 292 g/mol. The summed E-state index contributed by atoms with van der Waals surface area (Å²) in [5.74, 6) is 0.701. The summed E-state index contributed by atoms with van der Waals surface area (Å²) >= 11 is 0. The molecule has 0 saturated carbocycles. The van der Waals surface area contributed by atoms with Crippen molar-refractivity contribution in [3.63, 3.8) is 0 Å². The SMILES string of the molecule is Cn1ccnc1CC1(O)CCS(=O)(=O)c2ccccc21. The minimum absolute atomic E-state index is 0.0368. The largest absolute Gasteiger partial charge is 0.385 e. The molecule has 1 aliphatic rings. The van der Waals surface area contributed by atoms with E-state index in [1.54, 1.807) is 30.5 Å². The first-order valence-electron chi connectivity index (χ1n) is 6.43. The van der Waals surface area contributed by atoms with Crippen LogP contribution in [0, 0.1) is 0 Å². The van der Waals surface area contributed by atoms with Gasteiger partial charge in [0.1, 0.15) is 5.82 Å². The summed E-state index contributed by atoms with van der Waals surface area (Å²) in [5.41, 5.74) is -0.699. The molecular formula is C14H16N2O3S. The normalized spacial score (nSPS) is 24.3. The molecule has 1 atom stereocenters. The van der Waals surface area contributed by atoms with Crippen LogP contribution in [0.1, 0.15) is 17.8 Å². The van der Waals surface area contributed by atoms with Gasteiger partial charge in [-0.15, -0.1) is 0 Å². The molecule has 1 aliphatic heterocycles. The number of hydrogen-bond donors (Lipinski definition) is 1. The minimum Gasteiger partial charge on any atom is -0.385 e. The van der Waals surface area contributed by atoms with E-state index in [4.69, 9.17) is 0 Å². The van der Waals surface area contributed by atoms with Crippen molar-refractivity contribution < 1.29 is 13.5 Å². The molecule has 20 heavy (non-hydrogen) atoms. The predicted octanol–water partition coefficient (Wildman–Crippen LogP) is 1.03. The molecule has 0 radical (unpaired) electrons. The third-order valence-electron chi connectivity index (χ3n) is 3.88. The molecule has 3 rings (SSSR count). The van der Waals surface area contributed by atoms with E-state index in [1.165, 1.54) is 0 Å². The highest BCUT2D eigenvalue weighted by Crippen LogP contribution is 2.38. The minimum atomic E-state index is -3.29. The summed E-state index contributed by atoms with van der Waals surface area (Å²) in [6.45, 7) is 0. The lowest BCUT2D eigenvalue weighted by Crippen LogP contribution is -2.37. The van der Waals surface area contributed by atoms with Crippen LogP contribution in [-0.2, 0) is 28.9 Å². The number of benzene rings is 1. The Balaban J connectivity index is 2.09. The Hall–Kier alpha value is -1.66. The molecule has 2 heterocycles. The van der Waals surface area contributed by atoms with Gasteiger partial charge < -0.3 is 9.67 Å². The molecule has 6 heteroatoms. The van der Waals surface area contributed by atoms with Gasteiger partial charge in [-0.2, -0.15) is 0 Å². The molecule has 1 aromatic heterocycles. The maximum absolute atomic E-state index is 12.1. The summed E-state index contributed by atoms with van der Waals surface area (Å²) in [6, 6.07) is 6.69. The molecule has 0 bridgehead atoms. The number of sulfone groups is 1. The summed E-state index contributed by atoms with van der Waals surface area (Å²) < 4.78 is 26.0. The van der Waals surface area contributed by atoms with E-state index in [0.29, 0.717) is 12.0 Å². The highest BCUT2D eigenvalue weighted by molar-refractivity contribution is 7.91. The third-order valence-corrected chi connectivity index (χ3v) is 5.65. The second-order valence-electron chi connectivity index (χ2n) is 5.23. The number of aromatic nitrogens is 2. The zero-order chi connectivity index (χ0) is 14.4. The Morgan fingerprint density at radius 3 is 2.85 bits per heavy atom. The number of hydrogen-bond acceptors (Lipinski definition) is 4. The first-order valence-corrected chi connectivity index (χ1v) is 8.08. The second kappa shape index (κ2) is 4.43. The van der Waals surface area contributed by atoms with Crippen LogP contribution in [0.2, 0.25) is 0 Å². The van der Waals surface area contributed by atoms with Crippen LogP contribution < -0.4 is 0 Å². The van der Waals surface area contributed by atoms with Crippen LogP contribution in [0.5, 0.6) is 0 Å². The molecule has 0 aliphatic carbocycles. The lowest BCUT2D eigenvalue weighted by molar-refractivity contribution is 0.0257. The van der Waals surface area contributed by atoms with Crippen molar-refractivity contribution in [3.8, 4) is 0 Å². The van der Waals surface area contributed by atoms with Gasteiger partial charge in [0.2, 0.25) is 0 Å². The molecule has 2 aromatic rings. The van der Waals surface area contributed by atoms with E-state index >= 15 is 0 Å². The topological polar surface area (TPSA) is 72.2 Å². The van der Waals surface area contributed by atoms with Gasteiger partial charge >= 0.3 is 0 Å². The molecule has 0 amide bonds. The number of fused-ring (bicyclic) bond motifs is 1. The van der Waals surface area contributed by atoms with Gasteiger partial charge in [-0.05, 0) is 12.5 Å². The molecule has 1 unspecified atom stereocenters. The fraction of sp³-hybridized carbons (Fsp3) is 0.357. The average Bonchev–Trinajstić information content (AvgIpc) is 2.81. The first-order chi connectivity index (χ1) is 9.42. The lowest BCUT2D eigenvalue weighted by atomic mass is 9.87. The quantitative estimate of drug-likeness (QED) is 0.897. The van der Waals surface area contributed by atoms with Crippen LogP contribution >= 0.6 is 0 Å².